The number of fused-ring (bicyclic) bond motifs is 1. The average Bonchev–Trinajstić information content (AvgIpc) is 2.57. The molecule has 5 nitrogen and oxygen atoms in total. The third-order valence-electron chi connectivity index (χ3n) is 4.82. The summed E-state index contributed by atoms with van der Waals surface area (Å²) in [4.78, 5) is 11.4. The van der Waals surface area contributed by atoms with Crippen LogP contribution in [0.25, 0.3) is 0 Å². The molecule has 1 unspecified atom stereocenters. The number of halogens is 1. The van der Waals surface area contributed by atoms with E-state index in [2.05, 4.69) is 45.4 Å². The summed E-state index contributed by atoms with van der Waals surface area (Å²) in [7, 11) is 0. The maximum absolute atomic E-state index is 11.4. The van der Waals surface area contributed by atoms with Crippen LogP contribution in [-0.4, -0.2) is 17.6 Å². The minimum atomic E-state index is -0.0548. The number of rotatable bonds is 4. The predicted molar refractivity (Wildman–Crippen MR) is 113 cm³/mol. The molecule has 2 aromatic rings. The van der Waals surface area contributed by atoms with Crippen LogP contribution < -0.4 is 16.4 Å². The highest BCUT2D eigenvalue weighted by Gasteiger charge is 2.21. The standard InChI is InChI=1S/C20H24IN3O2/c1-11-7-13(8-16(21)20(11)24-12(2)25)3-4-18-15-10-19(26)17(22)9-14(15)5-6-23-18/h7-10,18,23,26H,3-6,22H2,1-2H3,(H,24,25). The molecule has 6 heteroatoms. The number of phenols is 1. The molecule has 0 aliphatic carbocycles. The number of carbonyl (C=O) groups excluding carboxylic acids is 1. The van der Waals surface area contributed by atoms with E-state index in [1.54, 1.807) is 6.07 Å². The Morgan fingerprint density at radius 2 is 2.15 bits per heavy atom. The van der Waals surface area contributed by atoms with Crippen LogP contribution in [0.5, 0.6) is 5.75 Å². The lowest BCUT2D eigenvalue weighted by atomic mass is 9.89. The maximum atomic E-state index is 11.4. The third kappa shape index (κ3) is 4.12. The fraction of sp³-hybridized carbons (Fsp3) is 0.350. The molecule has 0 aromatic heterocycles. The number of hydrogen-bond acceptors (Lipinski definition) is 4. The lowest BCUT2D eigenvalue weighted by Gasteiger charge is -2.28. The number of anilines is 2. The van der Waals surface area contributed by atoms with Gasteiger partial charge in [-0.25, -0.2) is 0 Å². The Labute approximate surface area is 167 Å². The van der Waals surface area contributed by atoms with Gasteiger partial charge in [-0.2, -0.15) is 0 Å². The van der Waals surface area contributed by atoms with Crippen molar-refractivity contribution in [2.75, 3.05) is 17.6 Å². The molecule has 3 rings (SSSR count). The molecule has 138 valence electrons. The van der Waals surface area contributed by atoms with Crippen LogP contribution in [0.1, 0.15) is 41.6 Å². The Bertz CT molecular complexity index is 828. The van der Waals surface area contributed by atoms with Gasteiger partial charge < -0.3 is 21.5 Å². The Kier molecular flexibility index (Phi) is 5.72. The highest BCUT2D eigenvalue weighted by atomic mass is 127. The second-order valence-electron chi connectivity index (χ2n) is 6.86. The number of amides is 1. The van der Waals surface area contributed by atoms with Gasteiger partial charge in [-0.15, -0.1) is 0 Å². The number of benzene rings is 2. The van der Waals surface area contributed by atoms with Crippen molar-refractivity contribution in [2.45, 2.75) is 39.2 Å². The van der Waals surface area contributed by atoms with Gasteiger partial charge in [0.1, 0.15) is 5.75 Å². The van der Waals surface area contributed by atoms with E-state index < -0.39 is 0 Å². The number of carbonyl (C=O) groups is 1. The zero-order chi connectivity index (χ0) is 18.8. The number of aromatic hydroxyl groups is 1. The molecule has 1 aliphatic heterocycles. The summed E-state index contributed by atoms with van der Waals surface area (Å²) < 4.78 is 1.05. The van der Waals surface area contributed by atoms with Crippen molar-refractivity contribution in [3.05, 3.63) is 50.1 Å². The van der Waals surface area contributed by atoms with E-state index in [9.17, 15) is 9.90 Å². The van der Waals surface area contributed by atoms with Gasteiger partial charge >= 0.3 is 0 Å². The molecule has 1 aliphatic rings. The molecule has 0 saturated carbocycles. The number of nitrogens with one attached hydrogen (secondary N) is 2. The van der Waals surface area contributed by atoms with E-state index in [4.69, 9.17) is 5.73 Å². The number of hydrogen-bond donors (Lipinski definition) is 4. The molecular formula is C20H24IN3O2. The second-order valence-corrected chi connectivity index (χ2v) is 8.02. The molecule has 0 saturated heterocycles. The molecule has 26 heavy (non-hydrogen) atoms. The van der Waals surface area contributed by atoms with Gasteiger partial charge in [0.2, 0.25) is 5.91 Å². The molecule has 1 atom stereocenters. The van der Waals surface area contributed by atoms with E-state index >= 15 is 0 Å². The van der Waals surface area contributed by atoms with Crippen LogP contribution in [-0.2, 0) is 17.6 Å². The van der Waals surface area contributed by atoms with Gasteiger partial charge in [-0.05, 0) is 95.8 Å². The van der Waals surface area contributed by atoms with Gasteiger partial charge in [0.15, 0.2) is 0 Å². The molecule has 0 fully saturated rings. The SMILES string of the molecule is CC(=O)Nc1c(C)cc(CCC2NCCc3cc(N)c(O)cc32)cc1I. The Hall–Kier alpha value is -1.80. The monoisotopic (exact) mass is 465 g/mol. The first-order valence-electron chi connectivity index (χ1n) is 8.76. The van der Waals surface area contributed by atoms with E-state index in [0.29, 0.717) is 5.69 Å². The fourth-order valence-corrected chi connectivity index (χ4v) is 4.52. The zero-order valence-corrected chi connectivity index (χ0v) is 17.2. The summed E-state index contributed by atoms with van der Waals surface area (Å²) in [6.45, 7) is 4.46. The van der Waals surface area contributed by atoms with Gasteiger partial charge in [-0.3, -0.25) is 4.79 Å². The van der Waals surface area contributed by atoms with Gasteiger partial charge in [-0.1, -0.05) is 6.07 Å². The summed E-state index contributed by atoms with van der Waals surface area (Å²) in [5, 5.41) is 16.4. The Balaban J connectivity index is 1.76. The van der Waals surface area contributed by atoms with Crippen LogP contribution >= 0.6 is 22.6 Å². The van der Waals surface area contributed by atoms with E-state index in [-0.39, 0.29) is 17.7 Å². The van der Waals surface area contributed by atoms with E-state index in [0.717, 1.165) is 46.2 Å². The fourth-order valence-electron chi connectivity index (χ4n) is 3.56. The van der Waals surface area contributed by atoms with E-state index in [1.165, 1.54) is 18.1 Å². The van der Waals surface area contributed by atoms with Crippen molar-refractivity contribution < 1.29 is 9.90 Å². The zero-order valence-electron chi connectivity index (χ0n) is 15.0. The van der Waals surface area contributed by atoms with Crippen molar-refractivity contribution in [3.63, 3.8) is 0 Å². The molecule has 1 heterocycles. The number of phenolic OH excluding ortho intramolecular Hbond substituents is 1. The van der Waals surface area contributed by atoms with Gasteiger partial charge in [0, 0.05) is 16.5 Å². The minimum Gasteiger partial charge on any atom is -0.506 e. The first-order chi connectivity index (χ1) is 12.3. The number of nitrogen functional groups attached to an aromatic ring is 1. The summed E-state index contributed by atoms with van der Waals surface area (Å²) in [5.41, 5.74) is 11.9. The first kappa shape index (κ1) is 19.0. The van der Waals surface area contributed by atoms with Gasteiger partial charge in [0.25, 0.3) is 0 Å². The molecule has 5 N–H and O–H groups in total. The summed E-state index contributed by atoms with van der Waals surface area (Å²) >= 11 is 2.27. The Morgan fingerprint density at radius 1 is 1.38 bits per heavy atom. The smallest absolute Gasteiger partial charge is 0.221 e. The summed E-state index contributed by atoms with van der Waals surface area (Å²) in [5.74, 6) is 0.100. The van der Waals surface area contributed by atoms with Crippen LogP contribution in [0.15, 0.2) is 24.3 Å². The first-order valence-corrected chi connectivity index (χ1v) is 9.84. The van der Waals surface area contributed by atoms with Crippen molar-refractivity contribution in [1.29, 1.82) is 0 Å². The quantitative estimate of drug-likeness (QED) is 0.315. The number of aryl methyl sites for hydroxylation is 2. The number of nitrogens with two attached hydrogens (primary N) is 1. The minimum absolute atomic E-state index is 0.0548. The highest BCUT2D eigenvalue weighted by Crippen LogP contribution is 2.34. The van der Waals surface area contributed by atoms with Crippen molar-refractivity contribution in [2.24, 2.45) is 0 Å². The van der Waals surface area contributed by atoms with Gasteiger partial charge in [0.05, 0.1) is 11.4 Å². The maximum Gasteiger partial charge on any atom is 0.221 e. The normalized spacial score (nSPS) is 16.2. The molecule has 0 radical (unpaired) electrons. The lowest BCUT2D eigenvalue weighted by molar-refractivity contribution is -0.114. The second kappa shape index (κ2) is 7.84. The van der Waals surface area contributed by atoms with Crippen LogP contribution in [0.3, 0.4) is 0 Å². The van der Waals surface area contributed by atoms with Crippen LogP contribution in [0.2, 0.25) is 0 Å². The van der Waals surface area contributed by atoms with Crippen molar-refractivity contribution >= 4 is 39.9 Å². The van der Waals surface area contributed by atoms with Crippen molar-refractivity contribution in [1.82, 2.24) is 5.32 Å². The molecule has 0 spiro atoms. The Morgan fingerprint density at radius 3 is 2.85 bits per heavy atom. The summed E-state index contributed by atoms with van der Waals surface area (Å²) in [6, 6.07) is 8.17. The summed E-state index contributed by atoms with van der Waals surface area (Å²) in [6.07, 6.45) is 2.78. The van der Waals surface area contributed by atoms with Crippen molar-refractivity contribution in [3.8, 4) is 5.75 Å². The largest absolute Gasteiger partial charge is 0.506 e. The van der Waals surface area contributed by atoms with Crippen LogP contribution in [0.4, 0.5) is 11.4 Å². The highest BCUT2D eigenvalue weighted by molar-refractivity contribution is 14.1. The predicted octanol–water partition coefficient (Wildman–Crippen LogP) is 3.67. The average molecular weight is 465 g/mol. The third-order valence-corrected chi connectivity index (χ3v) is 5.67. The van der Waals surface area contributed by atoms with Crippen LogP contribution in [0, 0.1) is 10.5 Å². The topological polar surface area (TPSA) is 87.4 Å². The molecular weight excluding hydrogens is 441 g/mol. The van der Waals surface area contributed by atoms with E-state index in [1.807, 2.05) is 13.0 Å². The lowest BCUT2D eigenvalue weighted by Crippen LogP contribution is -2.30. The molecule has 0 bridgehead atoms. The molecule has 2 aromatic carbocycles. The molecule has 1 amide bonds.